The molecule has 5 heteroatoms. The van der Waals surface area contributed by atoms with Gasteiger partial charge in [0.15, 0.2) is 0 Å². The molecular weight excluding hydrogens is 212 g/mol. The number of rotatable bonds is 5. The third-order valence-corrected chi connectivity index (χ3v) is 3.13. The van der Waals surface area contributed by atoms with Crippen LogP contribution in [0.5, 0.6) is 0 Å². The van der Waals surface area contributed by atoms with Gasteiger partial charge in [-0.1, -0.05) is 6.92 Å². The number of aromatic nitrogens is 1. The minimum Gasteiger partial charge on any atom is -0.465 e. The van der Waals surface area contributed by atoms with Crippen LogP contribution in [0, 0.1) is 0 Å². The molecule has 1 aromatic heterocycles. The van der Waals surface area contributed by atoms with Crippen LogP contribution in [0.15, 0.2) is 6.20 Å². The summed E-state index contributed by atoms with van der Waals surface area (Å²) >= 11 is 1.37. The first-order chi connectivity index (χ1) is 7.17. The molecule has 1 heterocycles. The maximum Gasteiger partial charge on any atom is 0.349 e. The fraction of sp³-hybridized carbons (Fsp3) is 0.600. The molecule has 0 fully saturated rings. The zero-order valence-electron chi connectivity index (χ0n) is 9.24. The highest BCUT2D eigenvalue weighted by molar-refractivity contribution is 7.13. The predicted molar refractivity (Wildman–Crippen MR) is 60.0 cm³/mol. The molecule has 0 aromatic carbocycles. The number of nitrogens with one attached hydrogen (secondary N) is 1. The Labute approximate surface area is 93.7 Å². The number of hydrogen-bond acceptors (Lipinski definition) is 5. The zero-order valence-corrected chi connectivity index (χ0v) is 10.1. The normalized spacial score (nSPS) is 12.5. The molecule has 0 saturated heterocycles. The first kappa shape index (κ1) is 12.1. The third kappa shape index (κ3) is 3.60. The molecule has 0 saturated carbocycles. The fourth-order valence-corrected chi connectivity index (χ4v) is 1.78. The molecule has 0 radical (unpaired) electrons. The molecule has 0 aliphatic carbocycles. The van der Waals surface area contributed by atoms with E-state index < -0.39 is 0 Å². The van der Waals surface area contributed by atoms with Crippen molar-refractivity contribution in [2.45, 2.75) is 32.9 Å². The lowest BCUT2D eigenvalue weighted by atomic mass is 10.3. The molecule has 1 atom stereocenters. The smallest absolute Gasteiger partial charge is 0.349 e. The van der Waals surface area contributed by atoms with E-state index in [2.05, 4.69) is 28.9 Å². The van der Waals surface area contributed by atoms with Gasteiger partial charge < -0.3 is 10.1 Å². The van der Waals surface area contributed by atoms with Crippen molar-refractivity contribution in [3.8, 4) is 0 Å². The summed E-state index contributed by atoms with van der Waals surface area (Å²) < 4.78 is 4.61. The van der Waals surface area contributed by atoms with Crippen molar-refractivity contribution in [3.05, 3.63) is 16.1 Å². The fourth-order valence-electron chi connectivity index (χ4n) is 0.993. The van der Waals surface area contributed by atoms with Crippen LogP contribution in [0.1, 0.15) is 34.9 Å². The Morgan fingerprint density at radius 1 is 1.73 bits per heavy atom. The second kappa shape index (κ2) is 5.82. The minimum atomic E-state index is -0.317. The SMILES string of the molecule is CC[C@H](C)NCc1ncc(C(=O)OC)s1. The summed E-state index contributed by atoms with van der Waals surface area (Å²) in [5.74, 6) is -0.317. The third-order valence-electron chi connectivity index (χ3n) is 2.15. The standard InChI is InChI=1S/C10H16N2O2S/c1-4-7(2)11-6-9-12-5-8(15-9)10(13)14-3/h5,7,11H,4,6H2,1-3H3/t7-/m0/s1. The van der Waals surface area contributed by atoms with Gasteiger partial charge in [0.2, 0.25) is 0 Å². The number of hydrogen-bond donors (Lipinski definition) is 1. The molecule has 0 aliphatic heterocycles. The largest absolute Gasteiger partial charge is 0.465 e. The van der Waals surface area contributed by atoms with Gasteiger partial charge in [-0.3, -0.25) is 0 Å². The average molecular weight is 228 g/mol. The van der Waals surface area contributed by atoms with Crippen molar-refractivity contribution in [1.29, 1.82) is 0 Å². The Bertz CT molecular complexity index is 325. The van der Waals surface area contributed by atoms with Crippen molar-refractivity contribution in [1.82, 2.24) is 10.3 Å². The van der Waals surface area contributed by atoms with Gasteiger partial charge in [0.25, 0.3) is 0 Å². The molecule has 1 aromatic rings. The van der Waals surface area contributed by atoms with Crippen molar-refractivity contribution in [2.24, 2.45) is 0 Å². The van der Waals surface area contributed by atoms with Gasteiger partial charge in [0.05, 0.1) is 13.3 Å². The van der Waals surface area contributed by atoms with Crippen LogP contribution < -0.4 is 5.32 Å². The molecule has 1 rings (SSSR count). The Balaban J connectivity index is 2.49. The number of ether oxygens (including phenoxy) is 1. The number of nitrogens with zero attached hydrogens (tertiary/aromatic N) is 1. The first-order valence-electron chi connectivity index (χ1n) is 4.93. The highest BCUT2D eigenvalue weighted by Crippen LogP contribution is 2.13. The molecule has 0 aliphatic rings. The summed E-state index contributed by atoms with van der Waals surface area (Å²) in [6.45, 7) is 4.95. The van der Waals surface area contributed by atoms with Gasteiger partial charge >= 0.3 is 5.97 Å². The number of methoxy groups -OCH3 is 1. The molecule has 0 spiro atoms. The number of carbonyl (C=O) groups excluding carboxylic acids is 1. The van der Waals surface area contributed by atoms with Gasteiger partial charge in [0.1, 0.15) is 9.88 Å². The maximum atomic E-state index is 11.1. The zero-order chi connectivity index (χ0) is 11.3. The summed E-state index contributed by atoms with van der Waals surface area (Å²) in [6.07, 6.45) is 2.64. The highest BCUT2D eigenvalue weighted by atomic mass is 32.1. The summed E-state index contributed by atoms with van der Waals surface area (Å²) in [4.78, 5) is 15.8. The van der Waals surface area contributed by atoms with E-state index in [0.717, 1.165) is 11.4 Å². The lowest BCUT2D eigenvalue weighted by Gasteiger charge is -2.08. The predicted octanol–water partition coefficient (Wildman–Crippen LogP) is 1.82. The summed E-state index contributed by atoms with van der Waals surface area (Å²) in [6, 6.07) is 0.468. The molecule has 0 bridgehead atoms. The van der Waals surface area contributed by atoms with Crippen LogP contribution in [-0.2, 0) is 11.3 Å². The number of esters is 1. The molecule has 0 unspecified atom stereocenters. The summed E-state index contributed by atoms with van der Waals surface area (Å²) in [5, 5.41) is 4.23. The molecule has 0 amide bonds. The van der Waals surface area contributed by atoms with Gasteiger partial charge in [-0.15, -0.1) is 11.3 Å². The topological polar surface area (TPSA) is 51.2 Å². The van der Waals surface area contributed by atoms with Crippen LogP contribution in [0.2, 0.25) is 0 Å². The van der Waals surface area contributed by atoms with Crippen LogP contribution in [-0.4, -0.2) is 24.1 Å². The lowest BCUT2D eigenvalue weighted by Crippen LogP contribution is -2.24. The van der Waals surface area contributed by atoms with Crippen LogP contribution in [0.4, 0.5) is 0 Å². The van der Waals surface area contributed by atoms with Gasteiger partial charge in [-0.25, -0.2) is 9.78 Å². The van der Waals surface area contributed by atoms with Crippen LogP contribution >= 0.6 is 11.3 Å². The van der Waals surface area contributed by atoms with E-state index in [1.54, 1.807) is 6.20 Å². The van der Waals surface area contributed by atoms with E-state index in [-0.39, 0.29) is 5.97 Å². The number of thiazole rings is 1. The molecule has 84 valence electrons. The van der Waals surface area contributed by atoms with E-state index in [0.29, 0.717) is 17.5 Å². The highest BCUT2D eigenvalue weighted by Gasteiger charge is 2.10. The van der Waals surface area contributed by atoms with E-state index in [4.69, 9.17) is 0 Å². The summed E-state index contributed by atoms with van der Waals surface area (Å²) in [7, 11) is 1.37. The summed E-state index contributed by atoms with van der Waals surface area (Å²) in [5.41, 5.74) is 0. The second-order valence-electron chi connectivity index (χ2n) is 3.30. The van der Waals surface area contributed by atoms with Crippen LogP contribution in [0.25, 0.3) is 0 Å². The Morgan fingerprint density at radius 3 is 3.07 bits per heavy atom. The molecular formula is C10H16N2O2S. The Kier molecular flexibility index (Phi) is 4.71. The Morgan fingerprint density at radius 2 is 2.47 bits per heavy atom. The maximum absolute atomic E-state index is 11.1. The molecule has 4 nitrogen and oxygen atoms in total. The second-order valence-corrected chi connectivity index (χ2v) is 4.42. The van der Waals surface area contributed by atoms with Crippen LogP contribution in [0.3, 0.4) is 0 Å². The minimum absolute atomic E-state index is 0.317. The van der Waals surface area contributed by atoms with E-state index in [9.17, 15) is 4.79 Å². The monoisotopic (exact) mass is 228 g/mol. The van der Waals surface area contributed by atoms with E-state index >= 15 is 0 Å². The Hall–Kier alpha value is -0.940. The quantitative estimate of drug-likeness (QED) is 0.781. The van der Waals surface area contributed by atoms with Crippen molar-refractivity contribution < 1.29 is 9.53 Å². The first-order valence-corrected chi connectivity index (χ1v) is 5.75. The number of carbonyl (C=O) groups is 1. The van der Waals surface area contributed by atoms with Crippen molar-refractivity contribution in [2.75, 3.05) is 7.11 Å². The van der Waals surface area contributed by atoms with Gasteiger partial charge in [-0.05, 0) is 13.3 Å². The van der Waals surface area contributed by atoms with Crippen molar-refractivity contribution >= 4 is 17.3 Å². The lowest BCUT2D eigenvalue weighted by molar-refractivity contribution is 0.0606. The molecule has 1 N–H and O–H groups in total. The van der Waals surface area contributed by atoms with E-state index in [1.165, 1.54) is 18.4 Å². The molecule has 15 heavy (non-hydrogen) atoms. The van der Waals surface area contributed by atoms with Gasteiger partial charge in [0, 0.05) is 12.6 Å². The average Bonchev–Trinajstić information content (AvgIpc) is 2.73. The van der Waals surface area contributed by atoms with E-state index in [1.807, 2.05) is 0 Å². The van der Waals surface area contributed by atoms with Gasteiger partial charge in [-0.2, -0.15) is 0 Å². The van der Waals surface area contributed by atoms with Crippen molar-refractivity contribution in [3.63, 3.8) is 0 Å².